The number of rotatable bonds is 1. The van der Waals surface area contributed by atoms with E-state index in [-0.39, 0.29) is 23.8 Å². The number of aliphatic hydroxyl groups excluding tert-OH is 1. The molecule has 0 aromatic carbocycles. The topological polar surface area (TPSA) is 109 Å². The number of hydrogen-bond acceptors (Lipinski definition) is 6. The molecular formula is C17H20N2O4. The van der Waals surface area contributed by atoms with Crippen molar-refractivity contribution in [1.82, 2.24) is 0 Å². The molecule has 23 heavy (non-hydrogen) atoms. The molecule has 0 saturated carbocycles. The van der Waals surface area contributed by atoms with E-state index in [0.29, 0.717) is 29.9 Å². The third kappa shape index (κ3) is 3.30. The Kier molecular flexibility index (Phi) is 5.24. The van der Waals surface area contributed by atoms with E-state index in [4.69, 9.17) is 20.0 Å². The van der Waals surface area contributed by atoms with E-state index in [1.807, 2.05) is 19.1 Å². The van der Waals surface area contributed by atoms with E-state index in [9.17, 15) is 10.1 Å². The highest BCUT2D eigenvalue weighted by molar-refractivity contribution is 5.99. The Morgan fingerprint density at radius 3 is 2.70 bits per heavy atom. The van der Waals surface area contributed by atoms with Crippen LogP contribution >= 0.6 is 0 Å². The van der Waals surface area contributed by atoms with Crippen LogP contribution in [0.15, 0.2) is 39.3 Å². The van der Waals surface area contributed by atoms with E-state index in [1.165, 1.54) is 0 Å². The summed E-state index contributed by atoms with van der Waals surface area (Å²) in [5.74, 6) is 1.41. The van der Waals surface area contributed by atoms with Gasteiger partial charge in [0.2, 0.25) is 5.88 Å². The zero-order valence-corrected chi connectivity index (χ0v) is 13.3. The molecule has 1 unspecified atom stereocenters. The normalized spacial score (nSPS) is 20.3. The SMILES string of the molecule is CCO.Cc1ccc(C2C(C#N)=C(N)OC3=C2C(=O)CCC3)o1. The highest BCUT2D eigenvalue weighted by atomic mass is 16.5. The zero-order chi connectivity index (χ0) is 17.0. The van der Waals surface area contributed by atoms with Crippen LogP contribution in [0.5, 0.6) is 0 Å². The summed E-state index contributed by atoms with van der Waals surface area (Å²) in [4.78, 5) is 12.2. The van der Waals surface area contributed by atoms with Gasteiger partial charge in [0.25, 0.3) is 0 Å². The van der Waals surface area contributed by atoms with Crippen LogP contribution in [-0.4, -0.2) is 17.5 Å². The van der Waals surface area contributed by atoms with Gasteiger partial charge in [-0.05, 0) is 32.4 Å². The highest BCUT2D eigenvalue weighted by Crippen LogP contribution is 2.43. The number of ether oxygens (including phenoxy) is 1. The number of aliphatic hydroxyl groups is 1. The van der Waals surface area contributed by atoms with Gasteiger partial charge < -0.3 is 20.0 Å². The summed E-state index contributed by atoms with van der Waals surface area (Å²) >= 11 is 0. The monoisotopic (exact) mass is 316 g/mol. The molecule has 1 aliphatic heterocycles. The van der Waals surface area contributed by atoms with E-state index in [2.05, 4.69) is 0 Å². The lowest BCUT2D eigenvalue weighted by atomic mass is 9.80. The summed E-state index contributed by atoms with van der Waals surface area (Å²) in [6.07, 6.45) is 1.88. The number of nitriles is 1. The van der Waals surface area contributed by atoms with Gasteiger partial charge in [0, 0.05) is 25.0 Å². The molecular weight excluding hydrogens is 296 g/mol. The van der Waals surface area contributed by atoms with Gasteiger partial charge in [0.15, 0.2) is 5.78 Å². The Bertz CT molecular complexity index is 706. The maximum absolute atomic E-state index is 12.2. The molecule has 6 heteroatoms. The fraction of sp³-hybridized carbons (Fsp3) is 0.412. The van der Waals surface area contributed by atoms with Gasteiger partial charge in [-0.3, -0.25) is 4.79 Å². The van der Waals surface area contributed by atoms with Gasteiger partial charge >= 0.3 is 0 Å². The third-order valence-electron chi connectivity index (χ3n) is 3.65. The Morgan fingerprint density at radius 1 is 1.43 bits per heavy atom. The molecule has 2 heterocycles. The van der Waals surface area contributed by atoms with Crippen molar-refractivity contribution in [2.24, 2.45) is 5.73 Å². The predicted molar refractivity (Wildman–Crippen MR) is 82.7 cm³/mol. The fourth-order valence-electron chi connectivity index (χ4n) is 2.75. The maximum Gasteiger partial charge on any atom is 0.205 e. The van der Waals surface area contributed by atoms with E-state index in [1.54, 1.807) is 13.0 Å². The molecule has 1 aromatic rings. The summed E-state index contributed by atoms with van der Waals surface area (Å²) in [6.45, 7) is 3.75. The van der Waals surface area contributed by atoms with Crippen LogP contribution in [0.4, 0.5) is 0 Å². The van der Waals surface area contributed by atoms with E-state index in [0.717, 1.165) is 12.2 Å². The first-order valence-corrected chi connectivity index (χ1v) is 7.54. The van der Waals surface area contributed by atoms with Crippen LogP contribution in [0.25, 0.3) is 0 Å². The first-order valence-electron chi connectivity index (χ1n) is 7.54. The fourth-order valence-corrected chi connectivity index (χ4v) is 2.75. The minimum atomic E-state index is -0.537. The number of Topliss-reactive ketones (excluding diaryl/α,β-unsaturated/α-hetero) is 1. The number of allylic oxidation sites excluding steroid dienone is 3. The van der Waals surface area contributed by atoms with Gasteiger partial charge in [-0.1, -0.05) is 0 Å². The number of nitrogens with zero attached hydrogens (tertiary/aromatic N) is 1. The van der Waals surface area contributed by atoms with Crippen molar-refractivity contribution in [3.05, 3.63) is 46.4 Å². The smallest absolute Gasteiger partial charge is 0.205 e. The molecule has 1 aliphatic carbocycles. The second kappa shape index (κ2) is 7.16. The molecule has 0 radical (unpaired) electrons. The second-order valence-electron chi connectivity index (χ2n) is 5.30. The Labute approximate surface area is 134 Å². The number of nitrogens with two attached hydrogens (primary N) is 1. The molecule has 1 atom stereocenters. The predicted octanol–water partition coefficient (Wildman–Crippen LogP) is 2.40. The number of carbonyl (C=O) groups is 1. The molecule has 122 valence electrons. The lowest BCUT2D eigenvalue weighted by Gasteiger charge is -2.29. The third-order valence-corrected chi connectivity index (χ3v) is 3.65. The summed E-state index contributed by atoms with van der Waals surface area (Å²) in [6, 6.07) is 5.64. The van der Waals surface area contributed by atoms with Crippen LogP contribution in [-0.2, 0) is 9.53 Å². The number of ketones is 1. The van der Waals surface area contributed by atoms with E-state index < -0.39 is 5.92 Å². The van der Waals surface area contributed by atoms with E-state index >= 15 is 0 Å². The molecule has 0 spiro atoms. The molecule has 1 aromatic heterocycles. The number of furan rings is 1. The Balaban J connectivity index is 0.000000595. The van der Waals surface area contributed by atoms with Gasteiger partial charge in [0.1, 0.15) is 28.9 Å². The molecule has 2 aliphatic rings. The van der Waals surface area contributed by atoms with Crippen molar-refractivity contribution >= 4 is 5.78 Å². The largest absolute Gasteiger partial charge is 0.465 e. The van der Waals surface area contributed by atoms with Crippen LogP contribution in [0.1, 0.15) is 43.6 Å². The quantitative estimate of drug-likeness (QED) is 0.823. The molecule has 0 fully saturated rings. The van der Waals surface area contributed by atoms with Gasteiger partial charge in [-0.15, -0.1) is 0 Å². The highest BCUT2D eigenvalue weighted by Gasteiger charge is 2.39. The average Bonchev–Trinajstić information content (AvgIpc) is 2.93. The number of aryl methyl sites for hydroxylation is 1. The molecule has 6 nitrogen and oxygen atoms in total. The van der Waals surface area contributed by atoms with Gasteiger partial charge in [-0.2, -0.15) is 5.26 Å². The molecule has 0 saturated heterocycles. The van der Waals surface area contributed by atoms with Crippen molar-refractivity contribution in [3.63, 3.8) is 0 Å². The van der Waals surface area contributed by atoms with Gasteiger partial charge in [0.05, 0.1) is 5.92 Å². The zero-order valence-electron chi connectivity index (χ0n) is 13.3. The van der Waals surface area contributed by atoms with Crippen molar-refractivity contribution in [2.75, 3.05) is 6.61 Å². The Morgan fingerprint density at radius 2 is 2.13 bits per heavy atom. The molecule has 3 N–H and O–H groups in total. The van der Waals surface area contributed by atoms with Crippen LogP contribution in [0, 0.1) is 18.3 Å². The van der Waals surface area contributed by atoms with Crippen LogP contribution < -0.4 is 5.73 Å². The molecule has 3 rings (SSSR count). The summed E-state index contributed by atoms with van der Waals surface area (Å²) in [5.41, 5.74) is 6.59. The number of carbonyl (C=O) groups excluding carboxylic acids is 1. The Hall–Kier alpha value is -2.52. The lowest BCUT2D eigenvalue weighted by Crippen LogP contribution is -2.27. The van der Waals surface area contributed by atoms with Crippen LogP contribution in [0.3, 0.4) is 0 Å². The van der Waals surface area contributed by atoms with Crippen molar-refractivity contribution in [3.8, 4) is 6.07 Å². The van der Waals surface area contributed by atoms with Crippen molar-refractivity contribution in [1.29, 1.82) is 5.26 Å². The molecule has 0 amide bonds. The number of hydrogen-bond donors (Lipinski definition) is 2. The summed E-state index contributed by atoms with van der Waals surface area (Å²) in [5, 5.41) is 16.9. The first-order chi connectivity index (χ1) is 11.0. The van der Waals surface area contributed by atoms with Gasteiger partial charge in [-0.25, -0.2) is 0 Å². The van der Waals surface area contributed by atoms with Crippen molar-refractivity contribution in [2.45, 2.75) is 39.0 Å². The first kappa shape index (κ1) is 16.8. The summed E-state index contributed by atoms with van der Waals surface area (Å²) in [7, 11) is 0. The lowest BCUT2D eigenvalue weighted by molar-refractivity contribution is -0.116. The molecule has 0 bridgehead atoms. The summed E-state index contributed by atoms with van der Waals surface area (Å²) < 4.78 is 11.1. The minimum Gasteiger partial charge on any atom is -0.465 e. The average molecular weight is 316 g/mol. The second-order valence-corrected chi connectivity index (χ2v) is 5.30. The standard InChI is InChI=1S/C15H14N2O3.C2H6O/c1-8-5-6-12(19-8)13-9(7-16)15(17)20-11-4-2-3-10(18)14(11)13;1-2-3/h5-6,13H,2-4,17H2,1H3;3H,2H2,1H3. The minimum absolute atomic E-state index is 0.00514. The maximum atomic E-state index is 12.2. The van der Waals surface area contributed by atoms with Crippen LogP contribution in [0.2, 0.25) is 0 Å². The van der Waals surface area contributed by atoms with Crippen molar-refractivity contribution < 1.29 is 19.1 Å².